The van der Waals surface area contributed by atoms with Gasteiger partial charge in [0, 0.05) is 35.9 Å². The summed E-state index contributed by atoms with van der Waals surface area (Å²) in [5.41, 5.74) is 2.57. The molecule has 3 aliphatic heterocycles. The van der Waals surface area contributed by atoms with Crippen molar-refractivity contribution >= 4 is 5.78 Å². The van der Waals surface area contributed by atoms with Crippen molar-refractivity contribution < 1.29 is 4.79 Å². The van der Waals surface area contributed by atoms with Gasteiger partial charge in [-0.05, 0) is 54.8 Å². The Morgan fingerprint density at radius 2 is 2.18 bits per heavy atom. The Kier molecular flexibility index (Phi) is 1.56. The van der Waals surface area contributed by atoms with Crippen LogP contribution in [0.1, 0.15) is 45.4 Å². The standard InChI is InChI=1S/C20H25NO/c1-10-7-19-8-13-15-18(2)4-3-5-20(15)16(19)14(22)11(10)6-12(19)17(20)21(13)9-18/h11-13,15-17H,1,3-9H2,2H3/t11?,12?,13?,15?,16?,17?,18-,19?,20?/m1/s1. The van der Waals surface area contributed by atoms with E-state index >= 15 is 0 Å². The van der Waals surface area contributed by atoms with Crippen molar-refractivity contribution in [2.24, 2.45) is 39.9 Å². The predicted molar refractivity (Wildman–Crippen MR) is 83.1 cm³/mol. The van der Waals surface area contributed by atoms with Gasteiger partial charge in [-0.2, -0.15) is 0 Å². The molecule has 0 aromatic rings. The van der Waals surface area contributed by atoms with E-state index in [4.69, 9.17) is 0 Å². The highest BCUT2D eigenvalue weighted by atomic mass is 16.1. The van der Waals surface area contributed by atoms with E-state index in [1.54, 1.807) is 0 Å². The number of piperidine rings is 2. The molecule has 0 aromatic carbocycles. The summed E-state index contributed by atoms with van der Waals surface area (Å²) in [5.74, 6) is 2.98. The zero-order valence-corrected chi connectivity index (χ0v) is 13.5. The number of rotatable bonds is 0. The van der Waals surface area contributed by atoms with Gasteiger partial charge in [0.25, 0.3) is 0 Å². The number of carbonyl (C=O) groups excluding carboxylic acids is 1. The molecule has 0 amide bonds. The Morgan fingerprint density at radius 3 is 3.05 bits per heavy atom. The molecule has 9 bridgehead atoms. The highest BCUT2D eigenvalue weighted by molar-refractivity contribution is 5.91. The van der Waals surface area contributed by atoms with Crippen LogP contribution in [-0.2, 0) is 4.79 Å². The number of ketones is 1. The van der Waals surface area contributed by atoms with E-state index in [1.165, 1.54) is 44.2 Å². The summed E-state index contributed by atoms with van der Waals surface area (Å²) in [5, 5.41) is 0. The molecule has 2 nitrogen and oxygen atoms in total. The van der Waals surface area contributed by atoms with Gasteiger partial charge in [-0.3, -0.25) is 9.69 Å². The van der Waals surface area contributed by atoms with Gasteiger partial charge in [-0.25, -0.2) is 0 Å². The molecule has 2 heteroatoms. The number of fused-ring (bicyclic) bond motifs is 1. The van der Waals surface area contributed by atoms with Crippen LogP contribution in [-0.4, -0.2) is 29.3 Å². The van der Waals surface area contributed by atoms with Gasteiger partial charge in [0.05, 0.1) is 0 Å². The van der Waals surface area contributed by atoms with Crippen molar-refractivity contribution in [2.45, 2.75) is 57.5 Å². The van der Waals surface area contributed by atoms with Crippen molar-refractivity contribution in [2.75, 3.05) is 6.54 Å². The number of carbonyl (C=O) groups is 1. The molecule has 9 unspecified atom stereocenters. The maximum absolute atomic E-state index is 13.4. The minimum atomic E-state index is 0.238. The van der Waals surface area contributed by atoms with Gasteiger partial charge in [0.15, 0.2) is 0 Å². The largest absolute Gasteiger partial charge is 0.299 e. The average Bonchev–Trinajstić information content (AvgIpc) is 2.87. The highest BCUT2D eigenvalue weighted by Gasteiger charge is 2.88. The topological polar surface area (TPSA) is 20.3 Å². The zero-order valence-electron chi connectivity index (χ0n) is 13.5. The van der Waals surface area contributed by atoms with Crippen LogP contribution in [0, 0.1) is 39.9 Å². The van der Waals surface area contributed by atoms with E-state index in [9.17, 15) is 4.79 Å². The lowest BCUT2D eigenvalue weighted by atomic mass is 9.41. The average molecular weight is 295 g/mol. The van der Waals surface area contributed by atoms with Gasteiger partial charge in [0.2, 0.25) is 0 Å². The molecule has 10 atom stereocenters. The fraction of sp³-hybridized carbons (Fsp3) is 0.850. The minimum Gasteiger partial charge on any atom is -0.299 e. The Hall–Kier alpha value is -0.630. The molecule has 2 spiro atoms. The first-order valence-electron chi connectivity index (χ1n) is 9.50. The first-order valence-corrected chi connectivity index (χ1v) is 9.50. The third-order valence-corrected chi connectivity index (χ3v) is 9.94. The molecule has 9 rings (SSSR count). The predicted octanol–water partition coefficient (Wildman–Crippen LogP) is 3.03. The third-order valence-electron chi connectivity index (χ3n) is 9.94. The maximum atomic E-state index is 13.4. The molecular weight excluding hydrogens is 270 g/mol. The monoisotopic (exact) mass is 295 g/mol. The van der Waals surface area contributed by atoms with E-state index in [-0.39, 0.29) is 5.92 Å². The molecule has 0 aromatic heterocycles. The van der Waals surface area contributed by atoms with Crippen LogP contribution in [0.3, 0.4) is 0 Å². The Labute approximate surface area is 132 Å². The normalized spacial score (nSPS) is 71.8. The summed E-state index contributed by atoms with van der Waals surface area (Å²) in [6, 6.07) is 1.59. The highest BCUT2D eigenvalue weighted by Crippen LogP contribution is 2.86. The summed E-state index contributed by atoms with van der Waals surface area (Å²) in [7, 11) is 0. The van der Waals surface area contributed by atoms with Crippen molar-refractivity contribution in [1.82, 2.24) is 4.90 Å². The lowest BCUT2D eigenvalue weighted by Crippen LogP contribution is -2.62. The number of allylic oxidation sites excluding steroid dienone is 1. The summed E-state index contributed by atoms with van der Waals surface area (Å²) < 4.78 is 0. The van der Waals surface area contributed by atoms with Gasteiger partial charge in [0.1, 0.15) is 5.78 Å². The number of hydrogen-bond donors (Lipinski definition) is 0. The number of hydrogen-bond acceptors (Lipinski definition) is 2. The van der Waals surface area contributed by atoms with Gasteiger partial charge in [-0.15, -0.1) is 0 Å². The van der Waals surface area contributed by atoms with Crippen LogP contribution in [0.15, 0.2) is 12.2 Å². The van der Waals surface area contributed by atoms with Crippen molar-refractivity contribution in [3.05, 3.63) is 12.2 Å². The SMILES string of the molecule is C=C1CC23CC4C5C67CCC[C@]5(C)CN4C6C2CC1C(=O)C37. The molecule has 6 saturated carbocycles. The molecule has 116 valence electrons. The zero-order chi connectivity index (χ0) is 14.6. The molecule has 22 heavy (non-hydrogen) atoms. The van der Waals surface area contributed by atoms with E-state index in [1.807, 2.05) is 0 Å². The molecular formula is C20H25NO. The van der Waals surface area contributed by atoms with Crippen LogP contribution >= 0.6 is 0 Å². The summed E-state index contributed by atoms with van der Waals surface area (Å²) >= 11 is 0. The molecule has 9 aliphatic rings. The van der Waals surface area contributed by atoms with Crippen molar-refractivity contribution in [3.63, 3.8) is 0 Å². The quantitative estimate of drug-likeness (QED) is 0.640. The molecule has 0 N–H and O–H groups in total. The molecule has 3 saturated heterocycles. The Bertz CT molecular complexity index is 683. The Balaban J connectivity index is 1.55. The second-order valence-corrected chi connectivity index (χ2v) is 10.3. The lowest BCUT2D eigenvalue weighted by Gasteiger charge is -2.61. The van der Waals surface area contributed by atoms with Gasteiger partial charge >= 0.3 is 0 Å². The van der Waals surface area contributed by atoms with Crippen molar-refractivity contribution in [3.8, 4) is 0 Å². The smallest absolute Gasteiger partial charge is 0.144 e. The summed E-state index contributed by atoms with van der Waals surface area (Å²) in [4.78, 5) is 16.4. The maximum Gasteiger partial charge on any atom is 0.144 e. The van der Waals surface area contributed by atoms with E-state index in [0.717, 1.165) is 30.3 Å². The van der Waals surface area contributed by atoms with E-state index in [0.29, 0.717) is 27.9 Å². The first-order chi connectivity index (χ1) is 10.5. The third kappa shape index (κ3) is 0.800. The second-order valence-electron chi connectivity index (χ2n) is 10.3. The van der Waals surface area contributed by atoms with Gasteiger partial charge < -0.3 is 0 Å². The summed E-state index contributed by atoms with van der Waals surface area (Å²) in [6.45, 7) is 8.24. The van der Waals surface area contributed by atoms with Crippen LogP contribution in [0.4, 0.5) is 0 Å². The fourth-order valence-electron chi connectivity index (χ4n) is 10.2. The van der Waals surface area contributed by atoms with E-state index < -0.39 is 0 Å². The molecule has 9 fully saturated rings. The van der Waals surface area contributed by atoms with Crippen LogP contribution in [0.5, 0.6) is 0 Å². The van der Waals surface area contributed by atoms with Crippen LogP contribution < -0.4 is 0 Å². The molecule has 0 radical (unpaired) electrons. The Morgan fingerprint density at radius 1 is 1.32 bits per heavy atom. The number of nitrogens with zero attached hydrogens (tertiary/aromatic N) is 1. The first kappa shape index (κ1) is 11.8. The van der Waals surface area contributed by atoms with Crippen molar-refractivity contribution in [1.29, 1.82) is 0 Å². The van der Waals surface area contributed by atoms with E-state index in [2.05, 4.69) is 18.4 Å². The molecule has 6 aliphatic carbocycles. The molecule has 3 heterocycles. The fourth-order valence-corrected chi connectivity index (χ4v) is 10.2. The van der Waals surface area contributed by atoms with Crippen LogP contribution in [0.2, 0.25) is 0 Å². The lowest BCUT2D eigenvalue weighted by molar-refractivity contribution is -0.159. The van der Waals surface area contributed by atoms with Crippen LogP contribution in [0.25, 0.3) is 0 Å². The minimum absolute atomic E-state index is 0.238. The second kappa shape index (κ2) is 2.90. The van der Waals surface area contributed by atoms with Gasteiger partial charge in [-0.1, -0.05) is 25.5 Å². The number of Topliss-reactive ketones (excluding diaryl/α,β-unsaturated/α-hetero) is 1. The summed E-state index contributed by atoms with van der Waals surface area (Å²) in [6.07, 6.45) is 7.84.